The Morgan fingerprint density at radius 1 is 1.64 bits per heavy atom. The number of hydrogen-bond donors (Lipinski definition) is 0. The molecule has 1 aromatic rings. The number of methoxy groups -OCH3 is 1. The summed E-state index contributed by atoms with van der Waals surface area (Å²) in [5.41, 5.74) is 0.0295. The van der Waals surface area contributed by atoms with E-state index in [2.05, 4.69) is 13.5 Å². The minimum absolute atomic E-state index is 0.0295. The molecule has 0 aliphatic heterocycles. The lowest BCUT2D eigenvalue weighted by atomic mass is 10.3. The number of aromatic nitrogens is 2. The molecule has 6 heteroatoms. The van der Waals surface area contributed by atoms with Gasteiger partial charge in [0.1, 0.15) is 0 Å². The van der Waals surface area contributed by atoms with E-state index in [9.17, 15) is 9.59 Å². The fraction of sp³-hybridized carbons (Fsp3) is 0.200. The Hall–Kier alpha value is -1.30. The molecule has 1 rings (SSSR count). The van der Waals surface area contributed by atoms with E-state index in [1.807, 2.05) is 0 Å². The van der Waals surface area contributed by atoms with Crippen molar-refractivity contribution in [3.8, 4) is 0 Å². The van der Waals surface area contributed by atoms with Crippen molar-refractivity contribution in [1.82, 2.24) is 8.75 Å². The lowest BCUT2D eigenvalue weighted by molar-refractivity contribution is -0.135. The average Bonchev–Trinajstić information content (AvgIpc) is 2.53. The van der Waals surface area contributed by atoms with Gasteiger partial charge in [-0.25, -0.2) is 4.79 Å². The lowest BCUT2D eigenvalue weighted by Crippen LogP contribution is -2.15. The molecule has 11 heavy (non-hydrogen) atoms. The molecule has 1 heterocycles. The van der Waals surface area contributed by atoms with E-state index in [4.69, 9.17) is 0 Å². The standard InChI is InChI=1S/C5H4N2O3S/c1-10-5(9)4(8)3-2-6-11-7-3/h2H,1H3. The monoisotopic (exact) mass is 172 g/mol. The van der Waals surface area contributed by atoms with Crippen molar-refractivity contribution in [1.29, 1.82) is 0 Å². The van der Waals surface area contributed by atoms with Gasteiger partial charge in [-0.1, -0.05) is 0 Å². The molecule has 0 aliphatic rings. The first kappa shape index (κ1) is 7.80. The maximum atomic E-state index is 10.9. The molecule has 0 radical (unpaired) electrons. The third-order valence-electron chi connectivity index (χ3n) is 0.965. The van der Waals surface area contributed by atoms with E-state index in [-0.39, 0.29) is 5.69 Å². The molecule has 0 N–H and O–H groups in total. The first-order valence-corrected chi connectivity index (χ1v) is 3.39. The van der Waals surface area contributed by atoms with Gasteiger partial charge in [0.2, 0.25) is 0 Å². The van der Waals surface area contributed by atoms with Crippen molar-refractivity contribution >= 4 is 23.5 Å². The highest BCUT2D eigenvalue weighted by molar-refractivity contribution is 6.99. The van der Waals surface area contributed by atoms with E-state index < -0.39 is 11.8 Å². The third-order valence-corrected chi connectivity index (χ3v) is 1.44. The Labute approximate surface area is 66.3 Å². The van der Waals surface area contributed by atoms with Crippen LogP contribution in [0, 0.1) is 0 Å². The first-order valence-electron chi connectivity index (χ1n) is 2.66. The largest absolute Gasteiger partial charge is 0.463 e. The highest BCUT2D eigenvalue weighted by Crippen LogP contribution is 1.97. The summed E-state index contributed by atoms with van der Waals surface area (Å²) in [5.74, 6) is -1.68. The van der Waals surface area contributed by atoms with Crippen LogP contribution in [0.15, 0.2) is 6.20 Å². The van der Waals surface area contributed by atoms with Crippen LogP contribution in [0.5, 0.6) is 0 Å². The number of ketones is 1. The molecule has 0 aliphatic carbocycles. The van der Waals surface area contributed by atoms with Gasteiger partial charge in [0.05, 0.1) is 25.0 Å². The molecule has 0 atom stereocenters. The van der Waals surface area contributed by atoms with Crippen LogP contribution in [-0.2, 0) is 9.53 Å². The second-order valence-corrected chi connectivity index (χ2v) is 2.17. The van der Waals surface area contributed by atoms with Crippen molar-refractivity contribution in [2.45, 2.75) is 0 Å². The van der Waals surface area contributed by atoms with Gasteiger partial charge in [-0.2, -0.15) is 8.75 Å². The molecule has 0 saturated heterocycles. The summed E-state index contributed by atoms with van der Waals surface area (Å²) in [7, 11) is 1.14. The molecule has 0 bridgehead atoms. The molecule has 0 amide bonds. The van der Waals surface area contributed by atoms with Crippen LogP contribution in [0.4, 0.5) is 0 Å². The van der Waals surface area contributed by atoms with Gasteiger partial charge in [-0.15, -0.1) is 0 Å². The summed E-state index contributed by atoms with van der Waals surface area (Å²) < 4.78 is 11.3. The Morgan fingerprint density at radius 3 is 2.82 bits per heavy atom. The topological polar surface area (TPSA) is 69.2 Å². The highest BCUT2D eigenvalue weighted by atomic mass is 32.1. The van der Waals surface area contributed by atoms with Gasteiger partial charge >= 0.3 is 5.97 Å². The minimum Gasteiger partial charge on any atom is -0.463 e. The van der Waals surface area contributed by atoms with Crippen molar-refractivity contribution in [3.63, 3.8) is 0 Å². The van der Waals surface area contributed by atoms with E-state index in [1.54, 1.807) is 0 Å². The number of hydrogen-bond acceptors (Lipinski definition) is 6. The quantitative estimate of drug-likeness (QED) is 0.354. The first-order chi connectivity index (χ1) is 5.25. The van der Waals surface area contributed by atoms with Crippen LogP contribution < -0.4 is 0 Å². The zero-order valence-electron chi connectivity index (χ0n) is 5.60. The number of rotatable bonds is 2. The van der Waals surface area contributed by atoms with E-state index in [0.717, 1.165) is 18.8 Å². The molecular weight excluding hydrogens is 168 g/mol. The third kappa shape index (κ3) is 1.58. The summed E-state index contributed by atoms with van der Waals surface area (Å²) in [5, 5.41) is 0. The Kier molecular flexibility index (Phi) is 2.27. The van der Waals surface area contributed by atoms with Crippen LogP contribution in [0.3, 0.4) is 0 Å². The minimum atomic E-state index is -0.919. The predicted octanol–water partition coefficient (Wildman–Crippen LogP) is -0.106. The lowest BCUT2D eigenvalue weighted by Gasteiger charge is -1.91. The van der Waals surface area contributed by atoms with Gasteiger partial charge in [0, 0.05) is 0 Å². The van der Waals surface area contributed by atoms with Crippen LogP contribution in [-0.4, -0.2) is 27.6 Å². The van der Waals surface area contributed by atoms with Crippen LogP contribution in [0.1, 0.15) is 10.5 Å². The highest BCUT2D eigenvalue weighted by Gasteiger charge is 2.18. The molecule has 0 saturated carbocycles. The molecule has 0 fully saturated rings. The van der Waals surface area contributed by atoms with E-state index in [0.29, 0.717) is 0 Å². The van der Waals surface area contributed by atoms with Crippen LogP contribution in [0.2, 0.25) is 0 Å². The molecule has 0 spiro atoms. The number of carbonyl (C=O) groups excluding carboxylic acids is 2. The Morgan fingerprint density at radius 2 is 2.36 bits per heavy atom. The number of esters is 1. The summed E-state index contributed by atoms with van der Waals surface area (Å²) in [6, 6.07) is 0. The maximum Gasteiger partial charge on any atom is 0.381 e. The summed E-state index contributed by atoms with van der Waals surface area (Å²) in [6.45, 7) is 0. The van der Waals surface area contributed by atoms with Crippen molar-refractivity contribution in [2.24, 2.45) is 0 Å². The van der Waals surface area contributed by atoms with Crippen molar-refractivity contribution < 1.29 is 14.3 Å². The van der Waals surface area contributed by atoms with Gasteiger partial charge in [-0.05, 0) is 0 Å². The SMILES string of the molecule is COC(=O)C(=O)c1cnsn1. The number of Topliss-reactive ketones (excluding diaryl/α,β-unsaturated/α-hetero) is 1. The second kappa shape index (κ2) is 3.20. The Balaban J connectivity index is 2.79. The summed E-state index contributed by atoms with van der Waals surface area (Å²) in [4.78, 5) is 21.4. The molecule has 0 aromatic carbocycles. The van der Waals surface area contributed by atoms with E-state index >= 15 is 0 Å². The van der Waals surface area contributed by atoms with E-state index in [1.165, 1.54) is 6.20 Å². The molecule has 5 nitrogen and oxygen atoms in total. The zero-order valence-corrected chi connectivity index (χ0v) is 6.42. The summed E-state index contributed by atoms with van der Waals surface area (Å²) in [6.07, 6.45) is 1.23. The van der Waals surface area contributed by atoms with Crippen LogP contribution >= 0.6 is 11.7 Å². The maximum absolute atomic E-state index is 10.9. The van der Waals surface area contributed by atoms with Gasteiger partial charge in [-0.3, -0.25) is 4.79 Å². The fourth-order valence-electron chi connectivity index (χ4n) is 0.462. The normalized spacial score (nSPS) is 9.18. The smallest absolute Gasteiger partial charge is 0.381 e. The fourth-order valence-corrected chi connectivity index (χ4v) is 0.874. The average molecular weight is 172 g/mol. The molecule has 58 valence electrons. The Bertz CT molecular complexity index is 269. The van der Waals surface area contributed by atoms with Gasteiger partial charge in [0.25, 0.3) is 5.78 Å². The van der Waals surface area contributed by atoms with Crippen LogP contribution in [0.25, 0.3) is 0 Å². The van der Waals surface area contributed by atoms with Gasteiger partial charge < -0.3 is 4.74 Å². The number of nitrogens with zero attached hydrogens (tertiary/aromatic N) is 2. The molecular formula is C5H4N2O3S. The van der Waals surface area contributed by atoms with Crippen molar-refractivity contribution in [3.05, 3.63) is 11.9 Å². The van der Waals surface area contributed by atoms with Gasteiger partial charge in [0.15, 0.2) is 5.69 Å². The van der Waals surface area contributed by atoms with Crippen molar-refractivity contribution in [2.75, 3.05) is 7.11 Å². The summed E-state index contributed by atoms with van der Waals surface area (Å²) >= 11 is 0.867. The second-order valence-electron chi connectivity index (χ2n) is 1.61. The zero-order chi connectivity index (χ0) is 8.27. The number of ether oxygens (including phenoxy) is 1. The predicted molar refractivity (Wildman–Crippen MR) is 36.3 cm³/mol. The molecule has 0 unspecified atom stereocenters. The number of carbonyl (C=O) groups is 2. The molecule has 1 aromatic heterocycles.